The summed E-state index contributed by atoms with van der Waals surface area (Å²) >= 11 is 0. The molecule has 1 rings (SSSR count). The van der Waals surface area contributed by atoms with E-state index in [1.807, 2.05) is 38.1 Å². The minimum Gasteiger partial charge on any atom is -0.310 e. The number of alkyl halides is 3. The van der Waals surface area contributed by atoms with Crippen molar-refractivity contribution in [2.24, 2.45) is 0 Å². The normalized spacial score (nSPS) is 12.7. The zero-order valence-electron chi connectivity index (χ0n) is 13.2. The second-order valence-electron chi connectivity index (χ2n) is 5.92. The summed E-state index contributed by atoms with van der Waals surface area (Å²) in [5, 5.41) is 3.31. The smallest absolute Gasteiger partial charge is 0.310 e. The highest BCUT2D eigenvalue weighted by Gasteiger charge is 2.31. The van der Waals surface area contributed by atoms with Gasteiger partial charge < -0.3 is 5.32 Å². The molecule has 0 bridgehead atoms. The van der Waals surface area contributed by atoms with E-state index in [2.05, 4.69) is 5.32 Å². The molecule has 0 fully saturated rings. The molecule has 120 valence electrons. The fraction of sp³-hybridized carbons (Fsp3) is 0.625. The summed E-state index contributed by atoms with van der Waals surface area (Å²) in [6.45, 7) is 7.79. The van der Waals surface area contributed by atoms with Gasteiger partial charge >= 0.3 is 6.18 Å². The molecular weight excluding hydrogens is 277 g/mol. The third-order valence-corrected chi connectivity index (χ3v) is 3.31. The van der Waals surface area contributed by atoms with E-state index in [0.29, 0.717) is 19.1 Å². The lowest BCUT2D eigenvalue weighted by Crippen LogP contribution is -2.38. The van der Waals surface area contributed by atoms with E-state index in [0.717, 1.165) is 11.1 Å². The molecule has 21 heavy (non-hydrogen) atoms. The lowest BCUT2D eigenvalue weighted by atomic mass is 10.1. The fourth-order valence-corrected chi connectivity index (χ4v) is 2.07. The molecular formula is C16H25F3N2. The average Bonchev–Trinajstić information content (AvgIpc) is 2.35. The van der Waals surface area contributed by atoms with Gasteiger partial charge in [0.05, 0.1) is 6.54 Å². The zero-order valence-corrected chi connectivity index (χ0v) is 13.2. The van der Waals surface area contributed by atoms with E-state index < -0.39 is 12.7 Å². The topological polar surface area (TPSA) is 15.3 Å². The van der Waals surface area contributed by atoms with E-state index in [1.165, 1.54) is 4.90 Å². The van der Waals surface area contributed by atoms with Crippen LogP contribution < -0.4 is 5.32 Å². The maximum atomic E-state index is 12.7. The lowest BCUT2D eigenvalue weighted by Gasteiger charge is -2.28. The van der Waals surface area contributed by atoms with Gasteiger partial charge in [-0.2, -0.15) is 13.2 Å². The predicted molar refractivity (Wildman–Crippen MR) is 80.0 cm³/mol. The Morgan fingerprint density at radius 3 is 2.10 bits per heavy atom. The van der Waals surface area contributed by atoms with Gasteiger partial charge in [0.25, 0.3) is 0 Å². The van der Waals surface area contributed by atoms with Crippen molar-refractivity contribution >= 4 is 0 Å². The van der Waals surface area contributed by atoms with Crippen LogP contribution in [0.5, 0.6) is 0 Å². The Morgan fingerprint density at radius 1 is 1.05 bits per heavy atom. The molecule has 0 aromatic heterocycles. The standard InChI is InChI=1S/C16H25F3N2/c1-12(2)20-9-14-7-5-6-8-15(14)10-21(13(3)4)11-16(17,18)19/h5-8,12-13,20H,9-11H2,1-4H3. The summed E-state index contributed by atoms with van der Waals surface area (Å²) in [5.74, 6) is 0. The molecule has 0 atom stereocenters. The molecule has 0 radical (unpaired) electrons. The Labute approximate surface area is 125 Å². The monoisotopic (exact) mass is 302 g/mol. The molecule has 1 aromatic rings. The first-order valence-corrected chi connectivity index (χ1v) is 7.30. The minimum absolute atomic E-state index is 0.155. The van der Waals surface area contributed by atoms with Crippen molar-refractivity contribution in [2.45, 2.75) is 59.0 Å². The Balaban J connectivity index is 2.83. The van der Waals surface area contributed by atoms with Crippen LogP contribution in [0.4, 0.5) is 13.2 Å². The first-order valence-electron chi connectivity index (χ1n) is 7.30. The van der Waals surface area contributed by atoms with Gasteiger partial charge in [0.2, 0.25) is 0 Å². The zero-order chi connectivity index (χ0) is 16.0. The molecule has 0 aliphatic rings. The van der Waals surface area contributed by atoms with Crippen LogP contribution in [-0.2, 0) is 13.1 Å². The number of hydrogen-bond acceptors (Lipinski definition) is 2. The van der Waals surface area contributed by atoms with Gasteiger partial charge in [0.15, 0.2) is 0 Å². The lowest BCUT2D eigenvalue weighted by molar-refractivity contribution is -0.150. The number of rotatable bonds is 7. The largest absolute Gasteiger partial charge is 0.401 e. The molecule has 1 N–H and O–H groups in total. The summed E-state index contributed by atoms with van der Waals surface area (Å²) in [6.07, 6.45) is -4.17. The molecule has 2 nitrogen and oxygen atoms in total. The number of benzene rings is 1. The molecule has 0 aliphatic heterocycles. The second-order valence-corrected chi connectivity index (χ2v) is 5.92. The number of hydrogen-bond donors (Lipinski definition) is 1. The number of nitrogens with one attached hydrogen (secondary N) is 1. The van der Waals surface area contributed by atoms with Crippen molar-refractivity contribution in [1.82, 2.24) is 10.2 Å². The van der Waals surface area contributed by atoms with E-state index >= 15 is 0 Å². The molecule has 0 unspecified atom stereocenters. The summed E-state index contributed by atoms with van der Waals surface area (Å²) < 4.78 is 38.0. The maximum absolute atomic E-state index is 12.7. The van der Waals surface area contributed by atoms with Crippen molar-refractivity contribution in [3.8, 4) is 0 Å². The van der Waals surface area contributed by atoms with Gasteiger partial charge in [-0.05, 0) is 25.0 Å². The van der Waals surface area contributed by atoms with Gasteiger partial charge in [-0.3, -0.25) is 4.90 Å². The first kappa shape index (κ1) is 18.0. The van der Waals surface area contributed by atoms with Crippen molar-refractivity contribution in [1.29, 1.82) is 0 Å². The van der Waals surface area contributed by atoms with Crippen LogP contribution in [0.2, 0.25) is 0 Å². The van der Waals surface area contributed by atoms with Gasteiger partial charge in [-0.1, -0.05) is 38.1 Å². The average molecular weight is 302 g/mol. The van der Waals surface area contributed by atoms with E-state index in [4.69, 9.17) is 0 Å². The Kier molecular flexibility index (Phi) is 6.68. The maximum Gasteiger partial charge on any atom is 0.401 e. The quantitative estimate of drug-likeness (QED) is 0.820. The SMILES string of the molecule is CC(C)NCc1ccccc1CN(CC(F)(F)F)C(C)C. The van der Waals surface area contributed by atoms with Gasteiger partial charge in [0, 0.05) is 25.2 Å². The minimum atomic E-state index is -4.17. The summed E-state index contributed by atoms with van der Waals surface area (Å²) in [5.41, 5.74) is 2.00. The Hall–Kier alpha value is -1.07. The van der Waals surface area contributed by atoms with Gasteiger partial charge in [0.1, 0.15) is 0 Å². The molecule has 0 amide bonds. The highest BCUT2D eigenvalue weighted by atomic mass is 19.4. The number of halogens is 3. The van der Waals surface area contributed by atoms with E-state index in [-0.39, 0.29) is 6.04 Å². The molecule has 0 aliphatic carbocycles. The molecule has 0 spiro atoms. The van der Waals surface area contributed by atoms with Crippen molar-refractivity contribution < 1.29 is 13.2 Å². The highest BCUT2D eigenvalue weighted by Crippen LogP contribution is 2.21. The molecule has 0 saturated heterocycles. The molecule has 0 heterocycles. The fourth-order valence-electron chi connectivity index (χ4n) is 2.07. The Bertz CT molecular complexity index is 428. The van der Waals surface area contributed by atoms with Gasteiger partial charge in [-0.25, -0.2) is 0 Å². The van der Waals surface area contributed by atoms with E-state index in [1.54, 1.807) is 13.8 Å². The van der Waals surface area contributed by atoms with Crippen LogP contribution in [0.15, 0.2) is 24.3 Å². The van der Waals surface area contributed by atoms with Crippen LogP contribution in [0, 0.1) is 0 Å². The Morgan fingerprint density at radius 2 is 1.62 bits per heavy atom. The van der Waals surface area contributed by atoms with Crippen molar-refractivity contribution in [2.75, 3.05) is 6.54 Å². The van der Waals surface area contributed by atoms with Crippen LogP contribution in [0.25, 0.3) is 0 Å². The summed E-state index contributed by atoms with van der Waals surface area (Å²) in [7, 11) is 0. The van der Waals surface area contributed by atoms with Gasteiger partial charge in [-0.15, -0.1) is 0 Å². The van der Waals surface area contributed by atoms with Crippen LogP contribution in [0.3, 0.4) is 0 Å². The summed E-state index contributed by atoms with van der Waals surface area (Å²) in [4.78, 5) is 1.45. The van der Waals surface area contributed by atoms with Crippen molar-refractivity contribution in [3.05, 3.63) is 35.4 Å². The molecule has 1 aromatic carbocycles. The van der Waals surface area contributed by atoms with Crippen LogP contribution in [-0.4, -0.2) is 29.7 Å². The predicted octanol–water partition coefficient (Wildman–Crippen LogP) is 3.96. The molecule has 5 heteroatoms. The summed E-state index contributed by atoms with van der Waals surface area (Å²) in [6, 6.07) is 7.86. The highest BCUT2D eigenvalue weighted by molar-refractivity contribution is 5.27. The number of nitrogens with zero attached hydrogens (tertiary/aromatic N) is 1. The van der Waals surface area contributed by atoms with E-state index in [9.17, 15) is 13.2 Å². The second kappa shape index (κ2) is 7.80. The van der Waals surface area contributed by atoms with Crippen molar-refractivity contribution in [3.63, 3.8) is 0 Å². The first-order chi connectivity index (χ1) is 9.69. The van der Waals surface area contributed by atoms with Crippen LogP contribution >= 0.6 is 0 Å². The van der Waals surface area contributed by atoms with Crippen LogP contribution in [0.1, 0.15) is 38.8 Å². The molecule has 0 saturated carbocycles. The third kappa shape index (κ3) is 6.96. The third-order valence-electron chi connectivity index (χ3n) is 3.31.